The van der Waals surface area contributed by atoms with E-state index < -0.39 is 9.84 Å². The molecule has 0 spiro atoms. The molecule has 1 atom stereocenters. The molecule has 2 aliphatic rings. The average molecular weight is 427 g/mol. The summed E-state index contributed by atoms with van der Waals surface area (Å²) in [7, 11) is -3.10. The fraction of sp³-hybridized carbons (Fsp3) is 0.400. The molecule has 1 saturated heterocycles. The van der Waals surface area contributed by atoms with E-state index in [2.05, 4.69) is 10.1 Å². The predicted molar refractivity (Wildman–Crippen MR) is 110 cm³/mol. The van der Waals surface area contributed by atoms with E-state index in [1.54, 1.807) is 9.58 Å². The Kier molecular flexibility index (Phi) is 4.46. The lowest BCUT2D eigenvalue weighted by Crippen LogP contribution is -2.45. The summed E-state index contributed by atoms with van der Waals surface area (Å²) in [5, 5.41) is 4.61. The van der Waals surface area contributed by atoms with Crippen LogP contribution in [0.25, 0.3) is 16.7 Å². The minimum atomic E-state index is -3.10. The fourth-order valence-electron chi connectivity index (χ4n) is 4.10. The zero-order chi connectivity index (χ0) is 20.9. The fourth-order valence-corrected chi connectivity index (χ4v) is 5.81. The molecule has 0 bridgehead atoms. The molecule has 1 aliphatic carbocycles. The third kappa shape index (κ3) is 3.41. The molecule has 1 aromatic carbocycles. The van der Waals surface area contributed by atoms with Crippen LogP contribution in [0.5, 0.6) is 0 Å². The number of benzene rings is 1. The smallest absolute Gasteiger partial charge is 0.264 e. The van der Waals surface area contributed by atoms with Crippen LogP contribution in [0.4, 0.5) is 0 Å². The van der Waals surface area contributed by atoms with E-state index in [1.165, 1.54) is 17.1 Å². The SMILES string of the molecule is O=C(Cn1cnc2c(cnn2-c2ccccc2)c1=O)N(C1CC1)[C@H]1CCS(=O)(=O)C1. The van der Waals surface area contributed by atoms with Crippen LogP contribution >= 0.6 is 0 Å². The highest BCUT2D eigenvalue weighted by Gasteiger charge is 2.42. The first-order valence-corrected chi connectivity index (χ1v) is 11.8. The minimum Gasteiger partial charge on any atom is -0.334 e. The van der Waals surface area contributed by atoms with E-state index in [-0.39, 0.29) is 41.6 Å². The van der Waals surface area contributed by atoms with Crippen molar-refractivity contribution >= 4 is 26.8 Å². The Bertz CT molecular complexity index is 1280. The topological polar surface area (TPSA) is 107 Å². The van der Waals surface area contributed by atoms with Crippen molar-refractivity contribution < 1.29 is 13.2 Å². The molecular formula is C20H21N5O4S. The molecule has 30 heavy (non-hydrogen) atoms. The van der Waals surface area contributed by atoms with Crippen molar-refractivity contribution in [2.75, 3.05) is 11.5 Å². The van der Waals surface area contributed by atoms with Gasteiger partial charge in [-0.1, -0.05) is 18.2 Å². The van der Waals surface area contributed by atoms with Crippen LogP contribution in [0.2, 0.25) is 0 Å². The summed E-state index contributed by atoms with van der Waals surface area (Å²) in [6.07, 6.45) is 5.03. The van der Waals surface area contributed by atoms with E-state index >= 15 is 0 Å². The standard InChI is InChI=1S/C20H21N5O4S/c26-18(24(14-6-7-14)16-8-9-30(28,29)12-16)11-23-13-21-19-17(20(23)27)10-22-25(19)15-4-2-1-3-5-15/h1-5,10,13-14,16H,6-9,11-12H2/t16-/m0/s1. The molecule has 1 amide bonds. The van der Waals surface area contributed by atoms with Gasteiger partial charge in [-0.2, -0.15) is 5.10 Å². The van der Waals surface area contributed by atoms with Gasteiger partial charge in [0.25, 0.3) is 5.56 Å². The molecular weight excluding hydrogens is 406 g/mol. The van der Waals surface area contributed by atoms with Gasteiger partial charge in [0.1, 0.15) is 18.3 Å². The lowest BCUT2D eigenvalue weighted by Gasteiger charge is -2.28. The molecule has 2 fully saturated rings. The summed E-state index contributed by atoms with van der Waals surface area (Å²) in [5.41, 5.74) is 0.872. The lowest BCUT2D eigenvalue weighted by molar-refractivity contribution is -0.134. The van der Waals surface area contributed by atoms with Gasteiger partial charge in [0.2, 0.25) is 5.91 Å². The van der Waals surface area contributed by atoms with Crippen molar-refractivity contribution in [3.8, 4) is 5.69 Å². The van der Waals surface area contributed by atoms with Gasteiger partial charge >= 0.3 is 0 Å². The lowest BCUT2D eigenvalue weighted by atomic mass is 10.2. The molecule has 10 heteroatoms. The van der Waals surface area contributed by atoms with Gasteiger partial charge in [-0.15, -0.1) is 0 Å². The maximum Gasteiger partial charge on any atom is 0.264 e. The van der Waals surface area contributed by atoms with E-state index in [0.29, 0.717) is 17.5 Å². The summed E-state index contributed by atoms with van der Waals surface area (Å²) < 4.78 is 26.6. The van der Waals surface area contributed by atoms with E-state index in [9.17, 15) is 18.0 Å². The van der Waals surface area contributed by atoms with Crippen LogP contribution in [-0.4, -0.2) is 62.1 Å². The molecule has 0 radical (unpaired) electrons. The Morgan fingerprint density at radius 1 is 1.13 bits per heavy atom. The summed E-state index contributed by atoms with van der Waals surface area (Å²) >= 11 is 0. The Balaban J connectivity index is 1.43. The van der Waals surface area contributed by atoms with Crippen LogP contribution in [0, 0.1) is 0 Å². The zero-order valence-corrected chi connectivity index (χ0v) is 17.0. The number of aromatic nitrogens is 4. The summed E-state index contributed by atoms with van der Waals surface area (Å²) in [6, 6.07) is 9.14. The molecule has 1 aliphatic heterocycles. The van der Waals surface area contributed by atoms with Crippen molar-refractivity contribution in [3.63, 3.8) is 0 Å². The Morgan fingerprint density at radius 3 is 2.57 bits per heavy atom. The van der Waals surface area contributed by atoms with Crippen LogP contribution in [0.15, 0.2) is 47.7 Å². The Morgan fingerprint density at radius 2 is 1.90 bits per heavy atom. The molecule has 9 nitrogen and oxygen atoms in total. The molecule has 3 heterocycles. The van der Waals surface area contributed by atoms with Crippen LogP contribution in [0.1, 0.15) is 19.3 Å². The van der Waals surface area contributed by atoms with Gasteiger partial charge in [0.15, 0.2) is 15.5 Å². The quantitative estimate of drug-likeness (QED) is 0.595. The van der Waals surface area contributed by atoms with Crippen molar-refractivity contribution in [1.82, 2.24) is 24.2 Å². The van der Waals surface area contributed by atoms with Crippen molar-refractivity contribution in [2.24, 2.45) is 0 Å². The molecule has 1 saturated carbocycles. The van der Waals surface area contributed by atoms with E-state index in [4.69, 9.17) is 0 Å². The first-order chi connectivity index (χ1) is 14.4. The second-order valence-electron chi connectivity index (χ2n) is 7.90. The number of carbonyl (C=O) groups excluding carboxylic acids is 1. The zero-order valence-electron chi connectivity index (χ0n) is 16.2. The van der Waals surface area contributed by atoms with Crippen LogP contribution in [-0.2, 0) is 21.2 Å². The molecule has 156 valence electrons. The number of rotatable bonds is 5. The summed E-state index contributed by atoms with van der Waals surface area (Å²) in [6.45, 7) is -0.161. The highest BCUT2D eigenvalue weighted by molar-refractivity contribution is 7.91. The van der Waals surface area contributed by atoms with Crippen molar-refractivity contribution in [3.05, 3.63) is 53.2 Å². The van der Waals surface area contributed by atoms with Gasteiger partial charge < -0.3 is 4.90 Å². The number of hydrogen-bond acceptors (Lipinski definition) is 6. The van der Waals surface area contributed by atoms with E-state index in [1.807, 2.05) is 30.3 Å². The highest BCUT2D eigenvalue weighted by atomic mass is 32.2. The maximum absolute atomic E-state index is 13.0. The molecule has 0 N–H and O–H groups in total. The average Bonchev–Trinajstić information content (AvgIpc) is 3.35. The first kappa shape index (κ1) is 19.0. The van der Waals surface area contributed by atoms with Crippen molar-refractivity contribution in [2.45, 2.75) is 37.9 Å². The largest absolute Gasteiger partial charge is 0.334 e. The highest BCUT2D eigenvalue weighted by Crippen LogP contribution is 2.32. The predicted octanol–water partition coefficient (Wildman–Crippen LogP) is 0.760. The molecule has 2 aromatic heterocycles. The molecule has 3 aromatic rings. The third-order valence-electron chi connectivity index (χ3n) is 5.69. The van der Waals surface area contributed by atoms with Crippen LogP contribution in [0.3, 0.4) is 0 Å². The number of para-hydroxylation sites is 1. The normalized spacial score (nSPS) is 20.5. The monoisotopic (exact) mass is 427 g/mol. The van der Waals surface area contributed by atoms with Gasteiger partial charge in [0.05, 0.1) is 23.4 Å². The second-order valence-corrected chi connectivity index (χ2v) is 10.1. The number of amides is 1. The molecule has 5 rings (SSSR count). The number of carbonyl (C=O) groups is 1. The van der Waals surface area contributed by atoms with Gasteiger partial charge in [-0.3, -0.25) is 14.2 Å². The van der Waals surface area contributed by atoms with Crippen LogP contribution < -0.4 is 5.56 Å². The van der Waals surface area contributed by atoms with Gasteiger partial charge in [-0.25, -0.2) is 18.1 Å². The maximum atomic E-state index is 13.0. The number of sulfone groups is 1. The summed E-state index contributed by atoms with van der Waals surface area (Å²) in [4.78, 5) is 32.0. The third-order valence-corrected chi connectivity index (χ3v) is 7.44. The van der Waals surface area contributed by atoms with E-state index in [0.717, 1.165) is 18.5 Å². The minimum absolute atomic E-state index is 0.00523. The first-order valence-electron chi connectivity index (χ1n) is 9.93. The van der Waals surface area contributed by atoms with Gasteiger partial charge in [-0.05, 0) is 31.4 Å². The van der Waals surface area contributed by atoms with Gasteiger partial charge in [0, 0.05) is 12.1 Å². The Labute approximate surface area is 172 Å². The number of hydrogen-bond donors (Lipinski definition) is 0. The Hall–Kier alpha value is -3.01. The summed E-state index contributed by atoms with van der Waals surface area (Å²) in [5.74, 6) is -0.121. The molecule has 0 unspecified atom stereocenters. The van der Waals surface area contributed by atoms with Crippen molar-refractivity contribution in [1.29, 1.82) is 0 Å². The number of fused-ring (bicyclic) bond motifs is 1. The number of nitrogens with zero attached hydrogens (tertiary/aromatic N) is 5. The second kappa shape index (κ2) is 7.05.